The summed E-state index contributed by atoms with van der Waals surface area (Å²) in [6, 6.07) is 2.36. The van der Waals surface area contributed by atoms with Crippen molar-refractivity contribution in [3.63, 3.8) is 0 Å². The van der Waals surface area contributed by atoms with Gasteiger partial charge in [0.25, 0.3) is 0 Å². The number of halogens is 1. The molecule has 1 fully saturated rings. The third kappa shape index (κ3) is 4.21. The average Bonchev–Trinajstić information content (AvgIpc) is 3.38. The molecule has 5 rings (SSSR count). The molecule has 9 nitrogen and oxygen atoms in total. The molecule has 4 aromatic heterocycles. The van der Waals surface area contributed by atoms with Crippen LogP contribution in [0.3, 0.4) is 0 Å². The van der Waals surface area contributed by atoms with Crippen molar-refractivity contribution in [1.29, 1.82) is 0 Å². The molecule has 1 aliphatic carbocycles. The van der Waals surface area contributed by atoms with Crippen LogP contribution < -0.4 is 5.32 Å². The van der Waals surface area contributed by atoms with Crippen LogP contribution in [0.25, 0.3) is 22.4 Å². The fourth-order valence-electron chi connectivity index (χ4n) is 4.05. The molecule has 0 saturated heterocycles. The van der Waals surface area contributed by atoms with Gasteiger partial charge in [0.15, 0.2) is 0 Å². The fourth-order valence-corrected chi connectivity index (χ4v) is 4.22. The maximum absolute atomic E-state index is 6.19. The first kappa shape index (κ1) is 20.2. The lowest BCUT2D eigenvalue weighted by atomic mass is 9.93. The molecule has 31 heavy (non-hydrogen) atoms. The fraction of sp³-hybridized carbons (Fsp3) is 0.429. The number of rotatable bonds is 7. The molecule has 1 aliphatic rings. The van der Waals surface area contributed by atoms with Crippen LogP contribution in [0.4, 0.5) is 5.95 Å². The highest BCUT2D eigenvalue weighted by Gasteiger charge is 2.22. The van der Waals surface area contributed by atoms with Crippen molar-refractivity contribution in [3.05, 3.63) is 42.2 Å². The van der Waals surface area contributed by atoms with Crippen molar-refractivity contribution in [1.82, 2.24) is 29.0 Å². The summed E-state index contributed by atoms with van der Waals surface area (Å²) in [6.45, 7) is 1.30. The third-order valence-corrected chi connectivity index (χ3v) is 5.98. The quantitative estimate of drug-likeness (QED) is 0.439. The number of hydrogen-bond donors (Lipinski definition) is 1. The number of fused-ring (bicyclic) bond motifs is 2. The zero-order valence-electron chi connectivity index (χ0n) is 17.2. The van der Waals surface area contributed by atoms with Gasteiger partial charge in [-0.1, -0.05) is 11.6 Å². The first-order chi connectivity index (χ1) is 15.2. The molecule has 0 unspecified atom stereocenters. The van der Waals surface area contributed by atoms with Gasteiger partial charge in [-0.2, -0.15) is 0 Å². The highest BCUT2D eigenvalue weighted by atomic mass is 35.5. The Balaban J connectivity index is 1.28. The van der Waals surface area contributed by atoms with Gasteiger partial charge >= 0.3 is 0 Å². The second kappa shape index (κ2) is 8.78. The lowest BCUT2D eigenvalue weighted by Gasteiger charge is -2.29. The summed E-state index contributed by atoms with van der Waals surface area (Å²) in [5.74, 6) is 1.20. The van der Waals surface area contributed by atoms with Gasteiger partial charge in [0.05, 0.1) is 37.2 Å². The van der Waals surface area contributed by atoms with Crippen LogP contribution >= 0.6 is 11.6 Å². The molecule has 1 saturated carbocycles. The largest absolute Gasteiger partial charge is 0.382 e. The Hall–Kier alpha value is -2.75. The molecule has 10 heteroatoms. The molecule has 0 amide bonds. The Morgan fingerprint density at radius 2 is 1.94 bits per heavy atom. The summed E-state index contributed by atoms with van der Waals surface area (Å²) >= 11 is 6.19. The monoisotopic (exact) mass is 441 g/mol. The van der Waals surface area contributed by atoms with E-state index >= 15 is 0 Å². The van der Waals surface area contributed by atoms with Gasteiger partial charge in [0.2, 0.25) is 11.7 Å². The summed E-state index contributed by atoms with van der Waals surface area (Å²) in [5.41, 5.74) is 2.81. The molecule has 1 N–H and O–H groups in total. The van der Waals surface area contributed by atoms with E-state index in [4.69, 9.17) is 21.1 Å². The van der Waals surface area contributed by atoms with Gasteiger partial charge in [0.1, 0.15) is 5.15 Å². The Bertz CT molecular complexity index is 1180. The smallest absolute Gasteiger partial charge is 0.241 e. The Morgan fingerprint density at radius 3 is 2.77 bits per heavy atom. The van der Waals surface area contributed by atoms with Crippen LogP contribution in [-0.4, -0.2) is 61.4 Å². The maximum Gasteiger partial charge on any atom is 0.241 e. The Labute approximate surface area is 184 Å². The summed E-state index contributed by atoms with van der Waals surface area (Å²) in [6.07, 6.45) is 13.5. The topological polar surface area (TPSA) is 90.9 Å². The highest BCUT2D eigenvalue weighted by molar-refractivity contribution is 6.29. The summed E-state index contributed by atoms with van der Waals surface area (Å²) in [7, 11) is 1.69. The summed E-state index contributed by atoms with van der Waals surface area (Å²) in [4.78, 5) is 13.1. The van der Waals surface area contributed by atoms with E-state index in [9.17, 15) is 0 Å². The standard InChI is InChI=1S/C21H24ClN7O2/c1-30-8-9-31-16-4-2-15(3-5-16)26-20-23-11-18-17(6-7-29(18)27-20)14-10-24-21-25-12-19(22)28(21)13-14/h6-7,10-13,15-16H,2-5,8-9H2,1H3,(H,26,27)/t15-,16+. The molecule has 0 aromatic carbocycles. The molecule has 0 atom stereocenters. The molecule has 162 valence electrons. The minimum atomic E-state index is 0.318. The molecular formula is C21H24ClN7O2. The van der Waals surface area contributed by atoms with Crippen LogP contribution in [0, 0.1) is 0 Å². The molecule has 0 bridgehead atoms. The van der Waals surface area contributed by atoms with Crippen LogP contribution in [0.2, 0.25) is 5.15 Å². The second-order valence-corrected chi connectivity index (χ2v) is 8.10. The van der Waals surface area contributed by atoms with Crippen molar-refractivity contribution >= 4 is 28.8 Å². The van der Waals surface area contributed by atoms with Gasteiger partial charge in [-0.15, -0.1) is 5.10 Å². The number of aromatic nitrogens is 6. The van der Waals surface area contributed by atoms with Crippen molar-refractivity contribution in [2.75, 3.05) is 25.6 Å². The number of nitrogens with one attached hydrogen (secondary N) is 1. The molecule has 0 radical (unpaired) electrons. The average molecular weight is 442 g/mol. The maximum atomic E-state index is 6.19. The number of anilines is 1. The zero-order valence-corrected chi connectivity index (χ0v) is 18.0. The van der Waals surface area contributed by atoms with Crippen LogP contribution in [0.15, 0.2) is 37.1 Å². The van der Waals surface area contributed by atoms with E-state index in [1.54, 1.807) is 23.9 Å². The molecule has 4 aromatic rings. The van der Waals surface area contributed by atoms with Crippen molar-refractivity contribution in [2.45, 2.75) is 37.8 Å². The van der Waals surface area contributed by atoms with Crippen LogP contribution in [0.1, 0.15) is 25.7 Å². The van der Waals surface area contributed by atoms with E-state index in [0.29, 0.717) is 42.2 Å². The Morgan fingerprint density at radius 1 is 1.10 bits per heavy atom. The highest BCUT2D eigenvalue weighted by Crippen LogP contribution is 2.27. The molecule has 0 aliphatic heterocycles. The van der Waals surface area contributed by atoms with E-state index in [-0.39, 0.29) is 0 Å². The van der Waals surface area contributed by atoms with Crippen molar-refractivity contribution < 1.29 is 9.47 Å². The first-order valence-electron chi connectivity index (χ1n) is 10.4. The molecule has 4 heterocycles. The number of hydrogen-bond acceptors (Lipinski definition) is 7. The Kier molecular flexibility index (Phi) is 5.71. The van der Waals surface area contributed by atoms with Gasteiger partial charge in [0, 0.05) is 42.9 Å². The van der Waals surface area contributed by atoms with E-state index in [0.717, 1.165) is 42.3 Å². The van der Waals surface area contributed by atoms with E-state index < -0.39 is 0 Å². The van der Waals surface area contributed by atoms with Gasteiger partial charge in [-0.05, 0) is 31.7 Å². The van der Waals surface area contributed by atoms with Crippen molar-refractivity contribution in [2.24, 2.45) is 0 Å². The third-order valence-electron chi connectivity index (χ3n) is 5.70. The van der Waals surface area contributed by atoms with Gasteiger partial charge in [-0.25, -0.2) is 19.5 Å². The number of imidazole rings is 1. The minimum absolute atomic E-state index is 0.318. The summed E-state index contributed by atoms with van der Waals surface area (Å²) < 4.78 is 14.5. The molecular weight excluding hydrogens is 418 g/mol. The van der Waals surface area contributed by atoms with E-state index in [1.807, 2.05) is 29.2 Å². The first-order valence-corrected chi connectivity index (χ1v) is 10.8. The van der Waals surface area contributed by atoms with Gasteiger partial charge in [-0.3, -0.25) is 4.40 Å². The van der Waals surface area contributed by atoms with Crippen LogP contribution in [-0.2, 0) is 9.47 Å². The zero-order chi connectivity index (χ0) is 21.2. The number of nitrogens with zero attached hydrogens (tertiary/aromatic N) is 6. The lowest BCUT2D eigenvalue weighted by Crippen LogP contribution is -2.31. The normalized spacial score (nSPS) is 19.3. The van der Waals surface area contributed by atoms with E-state index in [1.165, 1.54) is 0 Å². The van der Waals surface area contributed by atoms with Gasteiger partial charge < -0.3 is 14.8 Å². The predicted molar refractivity (Wildman–Crippen MR) is 117 cm³/mol. The second-order valence-electron chi connectivity index (χ2n) is 7.72. The van der Waals surface area contributed by atoms with Crippen LogP contribution in [0.5, 0.6) is 0 Å². The van der Waals surface area contributed by atoms with E-state index in [2.05, 4.69) is 25.4 Å². The number of methoxy groups -OCH3 is 1. The number of ether oxygens (including phenoxy) is 2. The molecule has 0 spiro atoms. The SMILES string of the molecule is COCCO[C@H]1CC[C@@H](Nc2ncc3c(-c4cnc5ncc(Cl)n5c4)ccn3n2)CC1. The predicted octanol–water partition coefficient (Wildman–Crippen LogP) is 3.48. The minimum Gasteiger partial charge on any atom is -0.382 e. The summed E-state index contributed by atoms with van der Waals surface area (Å²) in [5, 5.41) is 8.64. The lowest BCUT2D eigenvalue weighted by molar-refractivity contribution is -0.00158. The van der Waals surface area contributed by atoms with Crippen molar-refractivity contribution in [3.8, 4) is 11.1 Å².